The number of H-pyrrole nitrogens is 1. The first-order valence-corrected chi connectivity index (χ1v) is 4.68. The molecule has 7 heteroatoms. The Labute approximate surface area is 87.6 Å². The van der Waals surface area contributed by atoms with Crippen LogP contribution in [-0.4, -0.2) is 46.3 Å². The summed E-state index contributed by atoms with van der Waals surface area (Å²) in [4.78, 5) is 11.5. The fourth-order valence-corrected chi connectivity index (χ4v) is 1.07. The first kappa shape index (κ1) is 11.6. The standard InChI is InChI=1S/C8H15N5O2/c1-5(2)6(4-15-3)9-8(14)7-10-12-13-11-7/h5-6H,4H2,1-3H3,(H,9,14)(H,10,11,12,13). The average molecular weight is 213 g/mol. The largest absolute Gasteiger partial charge is 0.383 e. The number of tetrazole rings is 1. The van der Waals surface area contributed by atoms with E-state index < -0.39 is 0 Å². The van der Waals surface area contributed by atoms with E-state index in [1.807, 2.05) is 13.8 Å². The Morgan fingerprint density at radius 3 is 2.80 bits per heavy atom. The summed E-state index contributed by atoms with van der Waals surface area (Å²) in [5.74, 6) is -0.0305. The number of hydrogen-bond acceptors (Lipinski definition) is 5. The van der Waals surface area contributed by atoms with Crippen molar-refractivity contribution >= 4 is 5.91 Å². The highest BCUT2D eigenvalue weighted by atomic mass is 16.5. The molecular weight excluding hydrogens is 198 g/mol. The van der Waals surface area contributed by atoms with E-state index in [0.717, 1.165) is 0 Å². The number of nitrogens with zero attached hydrogens (tertiary/aromatic N) is 3. The minimum absolute atomic E-state index is 0.0387. The van der Waals surface area contributed by atoms with Gasteiger partial charge in [-0.2, -0.15) is 5.21 Å². The summed E-state index contributed by atoms with van der Waals surface area (Å²) in [6, 6.07) is -0.0546. The van der Waals surface area contributed by atoms with Crippen LogP contribution >= 0.6 is 0 Å². The lowest BCUT2D eigenvalue weighted by Crippen LogP contribution is -2.42. The van der Waals surface area contributed by atoms with Crippen LogP contribution in [0.5, 0.6) is 0 Å². The Hall–Kier alpha value is -1.50. The van der Waals surface area contributed by atoms with E-state index in [1.54, 1.807) is 7.11 Å². The maximum atomic E-state index is 11.5. The molecule has 0 aliphatic heterocycles. The second-order valence-electron chi connectivity index (χ2n) is 3.51. The molecule has 0 fully saturated rings. The molecule has 0 aromatic carbocycles. The third-order valence-corrected chi connectivity index (χ3v) is 2.02. The molecule has 1 rings (SSSR count). The van der Waals surface area contributed by atoms with Gasteiger partial charge in [0.2, 0.25) is 0 Å². The van der Waals surface area contributed by atoms with Crippen LogP contribution < -0.4 is 5.32 Å². The molecule has 84 valence electrons. The fourth-order valence-electron chi connectivity index (χ4n) is 1.07. The van der Waals surface area contributed by atoms with Gasteiger partial charge in [-0.05, 0) is 11.1 Å². The van der Waals surface area contributed by atoms with Crippen LogP contribution in [0.3, 0.4) is 0 Å². The number of carbonyl (C=O) groups excluding carboxylic acids is 1. The van der Waals surface area contributed by atoms with Crippen LogP contribution in [0.4, 0.5) is 0 Å². The summed E-state index contributed by atoms with van der Waals surface area (Å²) in [6.45, 7) is 4.46. The molecule has 0 saturated heterocycles. The molecule has 7 nitrogen and oxygen atoms in total. The van der Waals surface area contributed by atoms with Gasteiger partial charge < -0.3 is 10.1 Å². The monoisotopic (exact) mass is 213 g/mol. The number of ether oxygens (including phenoxy) is 1. The highest BCUT2D eigenvalue weighted by Gasteiger charge is 2.19. The lowest BCUT2D eigenvalue weighted by molar-refractivity contribution is 0.0856. The zero-order valence-electron chi connectivity index (χ0n) is 9.02. The second kappa shape index (κ2) is 5.40. The van der Waals surface area contributed by atoms with Crippen LogP contribution in [0, 0.1) is 5.92 Å². The van der Waals surface area contributed by atoms with Crippen molar-refractivity contribution < 1.29 is 9.53 Å². The van der Waals surface area contributed by atoms with E-state index in [2.05, 4.69) is 25.9 Å². The predicted octanol–water partition coefficient (Wildman–Crippen LogP) is -0.400. The van der Waals surface area contributed by atoms with E-state index in [0.29, 0.717) is 6.61 Å². The van der Waals surface area contributed by atoms with Gasteiger partial charge >= 0.3 is 0 Å². The molecule has 0 bridgehead atoms. The van der Waals surface area contributed by atoms with E-state index in [9.17, 15) is 4.79 Å². The number of aromatic nitrogens is 4. The highest BCUT2D eigenvalue weighted by molar-refractivity contribution is 5.90. The van der Waals surface area contributed by atoms with Crippen molar-refractivity contribution in [1.82, 2.24) is 25.9 Å². The third-order valence-electron chi connectivity index (χ3n) is 2.02. The molecule has 0 aliphatic rings. The molecule has 1 atom stereocenters. The van der Waals surface area contributed by atoms with Crippen LogP contribution in [0.1, 0.15) is 24.5 Å². The van der Waals surface area contributed by atoms with Crippen molar-refractivity contribution in [3.8, 4) is 0 Å². The smallest absolute Gasteiger partial charge is 0.293 e. The summed E-state index contributed by atoms with van der Waals surface area (Å²) in [5, 5.41) is 15.5. The highest BCUT2D eigenvalue weighted by Crippen LogP contribution is 2.02. The van der Waals surface area contributed by atoms with E-state index in [4.69, 9.17) is 4.74 Å². The average Bonchev–Trinajstić information content (AvgIpc) is 2.69. The molecule has 0 saturated carbocycles. The van der Waals surface area contributed by atoms with E-state index in [1.165, 1.54) is 0 Å². The molecule has 1 aromatic rings. The number of carbonyl (C=O) groups is 1. The molecule has 1 heterocycles. The number of amides is 1. The Kier molecular flexibility index (Phi) is 4.17. The summed E-state index contributed by atoms with van der Waals surface area (Å²) >= 11 is 0. The van der Waals surface area contributed by atoms with Crippen molar-refractivity contribution in [2.45, 2.75) is 19.9 Å². The summed E-state index contributed by atoms with van der Waals surface area (Å²) in [6.07, 6.45) is 0. The summed E-state index contributed by atoms with van der Waals surface area (Å²) < 4.78 is 5.00. The van der Waals surface area contributed by atoms with Crippen molar-refractivity contribution in [2.24, 2.45) is 5.92 Å². The van der Waals surface area contributed by atoms with Crippen molar-refractivity contribution in [2.75, 3.05) is 13.7 Å². The Bertz CT molecular complexity index is 298. The predicted molar refractivity (Wildman–Crippen MR) is 52.1 cm³/mol. The van der Waals surface area contributed by atoms with Crippen LogP contribution in [0.2, 0.25) is 0 Å². The lowest BCUT2D eigenvalue weighted by Gasteiger charge is -2.20. The molecule has 15 heavy (non-hydrogen) atoms. The number of nitrogens with one attached hydrogen (secondary N) is 2. The molecule has 1 unspecified atom stereocenters. The van der Waals surface area contributed by atoms with Gasteiger partial charge in [0.05, 0.1) is 12.6 Å². The zero-order valence-corrected chi connectivity index (χ0v) is 9.02. The molecule has 1 amide bonds. The summed E-state index contributed by atoms with van der Waals surface area (Å²) in [7, 11) is 1.59. The molecule has 0 aliphatic carbocycles. The summed E-state index contributed by atoms with van der Waals surface area (Å²) in [5.41, 5.74) is 0. The van der Waals surface area contributed by atoms with E-state index >= 15 is 0 Å². The fraction of sp³-hybridized carbons (Fsp3) is 0.750. The number of hydrogen-bond donors (Lipinski definition) is 2. The molecule has 0 spiro atoms. The van der Waals surface area contributed by atoms with Crippen molar-refractivity contribution in [3.05, 3.63) is 5.82 Å². The van der Waals surface area contributed by atoms with Gasteiger partial charge in [-0.15, -0.1) is 10.2 Å². The first-order chi connectivity index (χ1) is 7.15. The molecule has 2 N–H and O–H groups in total. The molecule has 1 aromatic heterocycles. The van der Waals surface area contributed by atoms with E-state index in [-0.39, 0.29) is 23.7 Å². The topological polar surface area (TPSA) is 92.8 Å². The lowest BCUT2D eigenvalue weighted by atomic mass is 10.1. The van der Waals surface area contributed by atoms with Crippen LogP contribution in [-0.2, 0) is 4.74 Å². The van der Waals surface area contributed by atoms with Gasteiger partial charge in [0.25, 0.3) is 11.7 Å². The Morgan fingerprint density at radius 2 is 2.33 bits per heavy atom. The Balaban J connectivity index is 2.55. The third kappa shape index (κ3) is 3.28. The van der Waals surface area contributed by atoms with Crippen LogP contribution in [0.15, 0.2) is 0 Å². The Morgan fingerprint density at radius 1 is 1.60 bits per heavy atom. The maximum Gasteiger partial charge on any atom is 0.293 e. The van der Waals surface area contributed by atoms with Gasteiger partial charge in [0.1, 0.15) is 0 Å². The van der Waals surface area contributed by atoms with Gasteiger partial charge in [-0.3, -0.25) is 4.79 Å². The number of aromatic amines is 1. The van der Waals surface area contributed by atoms with Gasteiger partial charge in [0.15, 0.2) is 0 Å². The minimum atomic E-state index is -0.348. The van der Waals surface area contributed by atoms with Gasteiger partial charge in [-0.25, -0.2) is 0 Å². The zero-order chi connectivity index (χ0) is 11.3. The minimum Gasteiger partial charge on any atom is -0.383 e. The SMILES string of the molecule is COCC(NC(=O)c1nn[nH]n1)C(C)C. The van der Waals surface area contributed by atoms with Crippen LogP contribution in [0.25, 0.3) is 0 Å². The molecule has 0 radical (unpaired) electrons. The maximum absolute atomic E-state index is 11.5. The quantitative estimate of drug-likeness (QED) is 0.694. The second-order valence-corrected chi connectivity index (χ2v) is 3.51. The number of rotatable bonds is 5. The van der Waals surface area contributed by atoms with Gasteiger partial charge in [-0.1, -0.05) is 13.8 Å². The number of methoxy groups -OCH3 is 1. The molecular formula is C8H15N5O2. The van der Waals surface area contributed by atoms with Crippen molar-refractivity contribution in [3.63, 3.8) is 0 Å². The first-order valence-electron chi connectivity index (χ1n) is 4.68. The normalized spacial score (nSPS) is 12.8. The van der Waals surface area contributed by atoms with Gasteiger partial charge in [0, 0.05) is 7.11 Å². The van der Waals surface area contributed by atoms with Crippen molar-refractivity contribution in [1.29, 1.82) is 0 Å².